The van der Waals surface area contributed by atoms with Crippen LogP contribution in [-0.2, 0) is 14.8 Å². The molecule has 1 N–H and O–H groups in total. The van der Waals surface area contributed by atoms with E-state index < -0.39 is 22.0 Å². The van der Waals surface area contributed by atoms with Gasteiger partial charge in [0.25, 0.3) is 10.0 Å². The van der Waals surface area contributed by atoms with Crippen LogP contribution in [0.15, 0.2) is 21.7 Å². The lowest BCUT2D eigenvalue weighted by Crippen LogP contribution is -2.46. The largest absolute Gasteiger partial charge is 0.481 e. The third kappa shape index (κ3) is 2.87. The van der Waals surface area contributed by atoms with E-state index in [1.165, 1.54) is 4.31 Å². The van der Waals surface area contributed by atoms with Crippen LogP contribution in [0.3, 0.4) is 0 Å². The van der Waals surface area contributed by atoms with Crippen LogP contribution in [0, 0.1) is 0 Å². The molecule has 0 radical (unpaired) electrons. The first kappa shape index (κ1) is 13.9. The van der Waals surface area contributed by atoms with Crippen LogP contribution in [-0.4, -0.2) is 47.9 Å². The van der Waals surface area contributed by atoms with E-state index in [1.54, 1.807) is 29.3 Å². The fourth-order valence-electron chi connectivity index (χ4n) is 1.84. The van der Waals surface area contributed by atoms with Crippen LogP contribution in [0.2, 0.25) is 0 Å². The highest BCUT2D eigenvalue weighted by molar-refractivity contribution is 7.99. The summed E-state index contributed by atoms with van der Waals surface area (Å²) >= 11 is 2.76. The lowest BCUT2D eigenvalue weighted by atomic mass is 10.2. The second-order valence-electron chi connectivity index (χ2n) is 3.87. The summed E-state index contributed by atoms with van der Waals surface area (Å²) in [4.78, 5) is 10.8. The molecule has 1 aliphatic heterocycles. The monoisotopic (exact) mass is 307 g/mol. The Morgan fingerprint density at radius 1 is 1.56 bits per heavy atom. The molecule has 1 aromatic rings. The van der Waals surface area contributed by atoms with Crippen molar-refractivity contribution in [1.29, 1.82) is 0 Å². The van der Waals surface area contributed by atoms with Crippen molar-refractivity contribution in [3.63, 3.8) is 0 Å². The first-order valence-corrected chi connectivity index (χ1v) is 8.84. The molecule has 1 atom stereocenters. The lowest BCUT2D eigenvalue weighted by molar-refractivity contribution is -0.137. The second kappa shape index (κ2) is 5.60. The predicted octanol–water partition coefficient (Wildman–Crippen LogP) is 1.33. The van der Waals surface area contributed by atoms with E-state index in [-0.39, 0.29) is 10.6 Å². The fourth-order valence-corrected chi connectivity index (χ4v) is 5.86. The van der Waals surface area contributed by atoms with Crippen LogP contribution < -0.4 is 0 Å². The molecule has 1 aliphatic rings. The topological polar surface area (TPSA) is 74.7 Å². The van der Waals surface area contributed by atoms with Gasteiger partial charge in [-0.05, 0) is 11.4 Å². The van der Waals surface area contributed by atoms with Crippen molar-refractivity contribution in [2.24, 2.45) is 0 Å². The van der Waals surface area contributed by atoms with E-state index in [1.807, 2.05) is 0 Å². The number of carboxylic acid groups (broad SMARTS) is 1. The van der Waals surface area contributed by atoms with E-state index in [9.17, 15) is 13.2 Å². The van der Waals surface area contributed by atoms with Crippen molar-refractivity contribution in [3.8, 4) is 0 Å². The summed E-state index contributed by atoms with van der Waals surface area (Å²) in [5.74, 6) is 0.284. The van der Waals surface area contributed by atoms with Gasteiger partial charge in [0.15, 0.2) is 0 Å². The molecule has 0 amide bonds. The normalized spacial score (nSPS) is 21.9. The number of hydrogen-bond acceptors (Lipinski definition) is 5. The van der Waals surface area contributed by atoms with Gasteiger partial charge in [0.1, 0.15) is 4.21 Å². The lowest BCUT2D eigenvalue weighted by Gasteiger charge is -2.33. The third-order valence-electron chi connectivity index (χ3n) is 2.64. The summed E-state index contributed by atoms with van der Waals surface area (Å²) in [7, 11) is -3.54. The minimum absolute atomic E-state index is 0.141. The molecule has 2 heterocycles. The summed E-state index contributed by atoms with van der Waals surface area (Å²) in [6.07, 6.45) is -0.141. The summed E-state index contributed by atoms with van der Waals surface area (Å²) in [6, 6.07) is 2.79. The number of carbonyl (C=O) groups is 1. The molecular formula is C10H13NO4S3. The molecule has 0 saturated carbocycles. The molecule has 1 aromatic heterocycles. The molecule has 0 spiro atoms. The molecule has 2 rings (SSSR count). The van der Waals surface area contributed by atoms with Crippen molar-refractivity contribution in [2.75, 3.05) is 18.1 Å². The molecule has 18 heavy (non-hydrogen) atoms. The van der Waals surface area contributed by atoms with E-state index >= 15 is 0 Å². The van der Waals surface area contributed by atoms with Gasteiger partial charge in [-0.1, -0.05) is 6.07 Å². The molecular weight excluding hydrogens is 294 g/mol. The van der Waals surface area contributed by atoms with E-state index in [0.29, 0.717) is 18.1 Å². The van der Waals surface area contributed by atoms with Crippen molar-refractivity contribution in [2.45, 2.75) is 16.7 Å². The van der Waals surface area contributed by atoms with Gasteiger partial charge in [-0.25, -0.2) is 8.42 Å². The number of sulfonamides is 1. The second-order valence-corrected chi connectivity index (χ2v) is 8.09. The summed E-state index contributed by atoms with van der Waals surface area (Å²) in [6.45, 7) is 0.378. The molecule has 5 nitrogen and oxygen atoms in total. The molecule has 100 valence electrons. The Morgan fingerprint density at radius 3 is 2.94 bits per heavy atom. The number of carboxylic acids is 1. The van der Waals surface area contributed by atoms with Crippen LogP contribution >= 0.6 is 23.1 Å². The average molecular weight is 307 g/mol. The number of aliphatic carboxylic acids is 1. The predicted molar refractivity (Wildman–Crippen MR) is 71.6 cm³/mol. The summed E-state index contributed by atoms with van der Waals surface area (Å²) in [5.41, 5.74) is 0. The first-order chi connectivity index (χ1) is 8.51. The highest BCUT2D eigenvalue weighted by Crippen LogP contribution is 2.28. The maximum atomic E-state index is 12.4. The average Bonchev–Trinajstić information content (AvgIpc) is 2.82. The Morgan fingerprint density at radius 2 is 2.33 bits per heavy atom. The van der Waals surface area contributed by atoms with Crippen molar-refractivity contribution < 1.29 is 18.3 Å². The van der Waals surface area contributed by atoms with E-state index in [4.69, 9.17) is 5.11 Å². The Bertz CT molecular complexity index is 511. The number of thioether (sulfide) groups is 1. The van der Waals surface area contributed by atoms with Gasteiger partial charge in [0, 0.05) is 24.1 Å². The highest BCUT2D eigenvalue weighted by Gasteiger charge is 2.35. The van der Waals surface area contributed by atoms with Gasteiger partial charge in [-0.2, -0.15) is 16.1 Å². The molecule has 0 aromatic carbocycles. The summed E-state index contributed by atoms with van der Waals surface area (Å²) in [5, 5.41) is 10.6. The van der Waals surface area contributed by atoms with E-state index in [0.717, 1.165) is 11.3 Å². The fraction of sp³-hybridized carbons (Fsp3) is 0.500. The molecule has 1 saturated heterocycles. The smallest absolute Gasteiger partial charge is 0.305 e. The van der Waals surface area contributed by atoms with Gasteiger partial charge in [-0.3, -0.25) is 4.79 Å². The minimum atomic E-state index is -3.54. The Kier molecular flexibility index (Phi) is 4.31. The molecule has 0 bridgehead atoms. The van der Waals surface area contributed by atoms with E-state index in [2.05, 4.69) is 0 Å². The molecule has 0 aliphatic carbocycles. The zero-order valence-corrected chi connectivity index (χ0v) is 11.9. The Balaban J connectivity index is 2.26. The molecule has 1 unspecified atom stereocenters. The number of rotatable bonds is 4. The number of nitrogens with zero attached hydrogens (tertiary/aromatic N) is 1. The molecule has 1 fully saturated rings. The van der Waals surface area contributed by atoms with Gasteiger partial charge in [-0.15, -0.1) is 11.3 Å². The Labute approximate surface area is 114 Å². The van der Waals surface area contributed by atoms with Crippen molar-refractivity contribution >= 4 is 39.1 Å². The SMILES string of the molecule is O=C(O)CC1CSCCN1S(=O)(=O)c1cccs1. The van der Waals surface area contributed by atoms with Crippen LogP contribution in [0.4, 0.5) is 0 Å². The number of hydrogen-bond donors (Lipinski definition) is 1. The maximum absolute atomic E-state index is 12.4. The van der Waals surface area contributed by atoms with Crippen LogP contribution in [0.5, 0.6) is 0 Å². The Hall–Kier alpha value is -0.570. The summed E-state index contributed by atoms with van der Waals surface area (Å²) < 4.78 is 26.4. The highest BCUT2D eigenvalue weighted by atomic mass is 32.2. The van der Waals surface area contributed by atoms with Crippen LogP contribution in [0.25, 0.3) is 0 Å². The maximum Gasteiger partial charge on any atom is 0.305 e. The zero-order chi connectivity index (χ0) is 13.2. The minimum Gasteiger partial charge on any atom is -0.481 e. The number of thiophene rings is 1. The van der Waals surface area contributed by atoms with Gasteiger partial charge in [0.2, 0.25) is 0 Å². The standard InChI is InChI=1S/C10H13NO4S3/c12-9(13)6-8-7-16-5-3-11(8)18(14,15)10-2-1-4-17-10/h1-2,4,8H,3,5-7H2,(H,12,13). The van der Waals surface area contributed by atoms with Crippen LogP contribution in [0.1, 0.15) is 6.42 Å². The van der Waals surface area contributed by atoms with Crippen molar-refractivity contribution in [1.82, 2.24) is 4.31 Å². The van der Waals surface area contributed by atoms with Crippen molar-refractivity contribution in [3.05, 3.63) is 17.5 Å². The third-order valence-corrected chi connectivity index (χ3v) is 7.06. The molecule has 8 heteroatoms. The van der Waals surface area contributed by atoms with Gasteiger partial charge in [0.05, 0.1) is 6.42 Å². The van der Waals surface area contributed by atoms with Gasteiger partial charge >= 0.3 is 5.97 Å². The quantitative estimate of drug-likeness (QED) is 0.908. The first-order valence-electron chi connectivity index (χ1n) is 5.36. The van der Waals surface area contributed by atoms with Gasteiger partial charge < -0.3 is 5.11 Å². The zero-order valence-electron chi connectivity index (χ0n) is 9.48.